The van der Waals surface area contributed by atoms with E-state index in [0.717, 1.165) is 0 Å². The van der Waals surface area contributed by atoms with E-state index in [9.17, 15) is 18.3 Å². The van der Waals surface area contributed by atoms with Crippen molar-refractivity contribution in [3.63, 3.8) is 0 Å². The minimum Gasteiger partial charge on any atom is -0.383 e. The monoisotopic (exact) mass is 270 g/mol. The average Bonchev–Trinajstić information content (AvgIpc) is 2.70. The minimum absolute atomic E-state index is 0.140. The van der Waals surface area contributed by atoms with E-state index >= 15 is 0 Å². The third-order valence-electron chi connectivity index (χ3n) is 2.90. The van der Waals surface area contributed by atoms with Crippen molar-refractivity contribution in [1.29, 1.82) is 0 Å². The van der Waals surface area contributed by atoms with E-state index in [4.69, 9.17) is 0 Å². The molecule has 7 heteroatoms. The lowest BCUT2D eigenvalue weighted by atomic mass is 10.3. The van der Waals surface area contributed by atoms with E-state index < -0.39 is 16.1 Å². The second-order valence-corrected chi connectivity index (χ2v) is 5.88. The van der Waals surface area contributed by atoms with Crippen LogP contribution in [0.5, 0.6) is 0 Å². The summed E-state index contributed by atoms with van der Waals surface area (Å²) < 4.78 is 25.3. The topological polar surface area (TPSA) is 86.7 Å². The lowest BCUT2D eigenvalue weighted by Crippen LogP contribution is -2.29. The van der Waals surface area contributed by atoms with Gasteiger partial charge in [0.05, 0.1) is 4.90 Å². The number of aliphatic hydroxyl groups excluding tert-OH is 1. The van der Waals surface area contributed by atoms with E-state index in [0.29, 0.717) is 18.7 Å². The zero-order valence-electron chi connectivity index (χ0n) is 9.83. The summed E-state index contributed by atoms with van der Waals surface area (Å²) in [4.78, 5) is 13.2. The predicted octanol–water partition coefficient (Wildman–Crippen LogP) is -0.308. The van der Waals surface area contributed by atoms with Gasteiger partial charge < -0.3 is 10.0 Å². The summed E-state index contributed by atoms with van der Waals surface area (Å²) >= 11 is 0. The zero-order chi connectivity index (χ0) is 13.3. The number of sulfonamides is 1. The van der Waals surface area contributed by atoms with E-state index in [1.54, 1.807) is 12.1 Å². The normalized spacial score (nSPS) is 20.4. The number of rotatable bonds is 3. The molecule has 0 spiro atoms. The van der Waals surface area contributed by atoms with Crippen molar-refractivity contribution in [2.45, 2.75) is 17.4 Å². The number of nitrogens with zero attached hydrogens (tertiary/aromatic N) is 1. The molecule has 0 unspecified atom stereocenters. The van der Waals surface area contributed by atoms with Gasteiger partial charge in [-0.2, -0.15) is 0 Å². The van der Waals surface area contributed by atoms with E-state index in [1.807, 2.05) is 0 Å². The summed E-state index contributed by atoms with van der Waals surface area (Å²) in [5.41, 5.74) is 0.589. The van der Waals surface area contributed by atoms with Crippen molar-refractivity contribution in [2.75, 3.05) is 18.5 Å². The van der Waals surface area contributed by atoms with Crippen molar-refractivity contribution < 1.29 is 18.3 Å². The molecule has 1 heterocycles. The molecule has 2 N–H and O–H groups in total. The van der Waals surface area contributed by atoms with Gasteiger partial charge in [0.25, 0.3) is 5.91 Å². The van der Waals surface area contributed by atoms with E-state index in [1.165, 1.54) is 24.1 Å². The number of benzene rings is 1. The number of aliphatic hydroxyl groups is 1. The molecule has 1 aromatic rings. The second kappa shape index (κ2) is 4.68. The first kappa shape index (κ1) is 13.0. The predicted molar refractivity (Wildman–Crippen MR) is 65.7 cm³/mol. The molecule has 98 valence electrons. The summed E-state index contributed by atoms with van der Waals surface area (Å²) in [6.45, 7) is 0.443. The number of nitrogens with one attached hydrogen (secondary N) is 1. The fraction of sp³-hybridized carbons (Fsp3) is 0.364. The van der Waals surface area contributed by atoms with Crippen LogP contribution >= 0.6 is 0 Å². The van der Waals surface area contributed by atoms with Crippen molar-refractivity contribution >= 4 is 21.6 Å². The molecule has 1 aliphatic rings. The van der Waals surface area contributed by atoms with Gasteiger partial charge in [-0.1, -0.05) is 0 Å². The van der Waals surface area contributed by atoms with Crippen molar-refractivity contribution in [3.8, 4) is 0 Å². The van der Waals surface area contributed by atoms with Gasteiger partial charge in [-0.05, 0) is 31.3 Å². The maximum Gasteiger partial charge on any atom is 0.255 e. The molecule has 1 aromatic carbocycles. The number of hydrogen-bond acceptors (Lipinski definition) is 4. The molecule has 1 saturated heterocycles. The van der Waals surface area contributed by atoms with Crippen molar-refractivity contribution in [1.82, 2.24) is 4.72 Å². The van der Waals surface area contributed by atoms with Gasteiger partial charge in [0.1, 0.15) is 6.10 Å². The maximum atomic E-state index is 11.6. The Labute approximate surface area is 105 Å². The van der Waals surface area contributed by atoms with E-state index in [-0.39, 0.29) is 10.8 Å². The largest absolute Gasteiger partial charge is 0.383 e. The third kappa shape index (κ3) is 2.24. The van der Waals surface area contributed by atoms with Crippen LogP contribution in [0.4, 0.5) is 5.69 Å². The Morgan fingerprint density at radius 1 is 1.33 bits per heavy atom. The van der Waals surface area contributed by atoms with Gasteiger partial charge in [-0.3, -0.25) is 4.79 Å². The van der Waals surface area contributed by atoms with Gasteiger partial charge >= 0.3 is 0 Å². The molecule has 6 nitrogen and oxygen atoms in total. The average molecular weight is 270 g/mol. The quantitative estimate of drug-likeness (QED) is 0.789. The number of carbonyl (C=O) groups excluding carboxylic acids is 1. The summed E-state index contributed by atoms with van der Waals surface area (Å²) in [5, 5.41) is 9.35. The molecule has 0 aromatic heterocycles. The molecular formula is C11H14N2O4S. The first-order valence-corrected chi connectivity index (χ1v) is 6.97. The standard InChI is InChI=1S/C11H14N2O4S/c1-12-18(16,17)9-4-2-8(3-5-9)13-7-6-10(14)11(13)15/h2-5,10,12,14H,6-7H2,1H3/t10-/m1/s1. The summed E-state index contributed by atoms with van der Waals surface area (Å²) in [7, 11) is -2.13. The van der Waals surface area contributed by atoms with Crippen molar-refractivity contribution in [3.05, 3.63) is 24.3 Å². The number of anilines is 1. The van der Waals surface area contributed by atoms with E-state index in [2.05, 4.69) is 4.72 Å². The Balaban J connectivity index is 2.26. The highest BCUT2D eigenvalue weighted by molar-refractivity contribution is 7.89. The zero-order valence-corrected chi connectivity index (χ0v) is 10.6. The highest BCUT2D eigenvalue weighted by Crippen LogP contribution is 2.23. The van der Waals surface area contributed by atoms with Crippen LogP contribution in [0.3, 0.4) is 0 Å². The van der Waals surface area contributed by atoms with Crippen molar-refractivity contribution in [2.24, 2.45) is 0 Å². The van der Waals surface area contributed by atoms with Crippen LogP contribution in [0.1, 0.15) is 6.42 Å². The van der Waals surface area contributed by atoms with Crippen LogP contribution in [-0.2, 0) is 14.8 Å². The maximum absolute atomic E-state index is 11.6. The number of carbonyl (C=O) groups is 1. The third-order valence-corrected chi connectivity index (χ3v) is 4.33. The molecule has 0 saturated carbocycles. The molecule has 1 amide bonds. The fourth-order valence-electron chi connectivity index (χ4n) is 1.84. The molecule has 1 fully saturated rings. The van der Waals surface area contributed by atoms with Crippen LogP contribution in [0.15, 0.2) is 29.2 Å². The molecule has 2 rings (SSSR count). The Bertz CT molecular complexity index is 553. The van der Waals surface area contributed by atoms with Gasteiger partial charge in [0.15, 0.2) is 0 Å². The van der Waals surface area contributed by atoms with Gasteiger partial charge in [0.2, 0.25) is 10.0 Å². The molecule has 0 bridgehead atoms. The molecule has 0 aliphatic carbocycles. The smallest absolute Gasteiger partial charge is 0.255 e. The first-order chi connectivity index (χ1) is 8.45. The van der Waals surface area contributed by atoms with Crippen LogP contribution in [0, 0.1) is 0 Å². The van der Waals surface area contributed by atoms with Crippen LogP contribution in [-0.4, -0.2) is 39.1 Å². The lowest BCUT2D eigenvalue weighted by molar-refractivity contribution is -0.123. The Hall–Kier alpha value is -1.44. The second-order valence-electron chi connectivity index (χ2n) is 4.00. The molecule has 1 atom stereocenters. The van der Waals surface area contributed by atoms with Gasteiger partial charge in [0, 0.05) is 18.7 Å². The fourth-order valence-corrected chi connectivity index (χ4v) is 2.57. The van der Waals surface area contributed by atoms with Crippen LogP contribution in [0.25, 0.3) is 0 Å². The van der Waals surface area contributed by atoms with Crippen LogP contribution < -0.4 is 9.62 Å². The molecule has 1 aliphatic heterocycles. The highest BCUT2D eigenvalue weighted by Gasteiger charge is 2.30. The SMILES string of the molecule is CNS(=O)(=O)c1ccc(N2CC[C@@H](O)C2=O)cc1. The lowest BCUT2D eigenvalue weighted by Gasteiger charge is -2.16. The molecule has 0 radical (unpaired) electrons. The minimum atomic E-state index is -3.47. The Morgan fingerprint density at radius 3 is 2.39 bits per heavy atom. The Morgan fingerprint density at radius 2 is 1.94 bits per heavy atom. The van der Waals surface area contributed by atoms with Crippen LogP contribution in [0.2, 0.25) is 0 Å². The Kier molecular flexibility index (Phi) is 3.38. The molecular weight excluding hydrogens is 256 g/mol. The summed E-state index contributed by atoms with van der Waals surface area (Å²) in [6, 6.07) is 5.97. The van der Waals surface area contributed by atoms with Gasteiger partial charge in [-0.15, -0.1) is 0 Å². The summed E-state index contributed by atoms with van der Waals surface area (Å²) in [5.74, 6) is -0.348. The highest BCUT2D eigenvalue weighted by atomic mass is 32.2. The molecule has 18 heavy (non-hydrogen) atoms. The van der Waals surface area contributed by atoms with Gasteiger partial charge in [-0.25, -0.2) is 13.1 Å². The number of hydrogen-bond donors (Lipinski definition) is 2. The first-order valence-electron chi connectivity index (χ1n) is 5.49. The summed E-state index contributed by atoms with van der Waals surface area (Å²) in [6.07, 6.45) is -0.555. The number of amides is 1.